The maximum Gasteiger partial charge on any atom is 0.312 e. The van der Waals surface area contributed by atoms with Crippen molar-refractivity contribution in [2.75, 3.05) is 0 Å². The first-order valence-electron chi connectivity index (χ1n) is 2.80. The summed E-state index contributed by atoms with van der Waals surface area (Å²) in [5.74, 6) is 0. The van der Waals surface area contributed by atoms with Crippen LogP contribution in [0.15, 0.2) is 6.33 Å². The predicted octanol–water partition coefficient (Wildman–Crippen LogP) is 0.565. The molecule has 0 spiro atoms. The zero-order valence-electron chi connectivity index (χ0n) is 5.44. The Morgan fingerprint density at radius 2 is 2.33 bits per heavy atom. The molecule has 0 fully saturated rings. The summed E-state index contributed by atoms with van der Waals surface area (Å²) in [4.78, 5) is 3.55. The van der Waals surface area contributed by atoms with Gasteiger partial charge in [0, 0.05) is 0 Å². The molecule has 0 bridgehead atoms. The average Bonchev–Trinajstić information content (AvgIpc) is 2.13. The summed E-state index contributed by atoms with van der Waals surface area (Å²) in [5, 5.41) is 12.7. The second kappa shape index (κ2) is 2.05. The molecule has 1 rings (SSSR count). The summed E-state index contributed by atoms with van der Waals surface area (Å²) in [7, 11) is 0. The van der Waals surface area contributed by atoms with Crippen LogP contribution in [0.2, 0.25) is 0 Å². The van der Waals surface area contributed by atoms with E-state index in [2.05, 4.69) is 10.1 Å². The summed E-state index contributed by atoms with van der Waals surface area (Å²) in [6.45, 7) is 3.85. The Balaban J connectivity index is 2.94. The summed E-state index contributed by atoms with van der Waals surface area (Å²) in [6, 6.07) is 0.150. The largest absolute Gasteiger partial charge is 0.479 e. The standard InChI is InChI=1S/C5H9N3O/c1-4(2)8-5(9)6-3-7-8/h3-4H,1-2H3,(H,6,7,9). The Bertz CT molecular complexity index is 194. The Kier molecular flexibility index (Phi) is 1.38. The van der Waals surface area contributed by atoms with Crippen LogP contribution in [0.5, 0.6) is 6.01 Å². The molecule has 4 nitrogen and oxygen atoms in total. The highest BCUT2D eigenvalue weighted by Crippen LogP contribution is 2.08. The predicted molar refractivity (Wildman–Crippen MR) is 32.1 cm³/mol. The molecule has 9 heavy (non-hydrogen) atoms. The van der Waals surface area contributed by atoms with Crippen LogP contribution in [-0.4, -0.2) is 19.9 Å². The molecule has 1 N–H and O–H groups in total. The van der Waals surface area contributed by atoms with Gasteiger partial charge >= 0.3 is 6.01 Å². The number of rotatable bonds is 1. The van der Waals surface area contributed by atoms with E-state index < -0.39 is 0 Å². The fourth-order valence-corrected chi connectivity index (χ4v) is 0.608. The van der Waals surface area contributed by atoms with E-state index in [1.165, 1.54) is 11.0 Å². The topological polar surface area (TPSA) is 50.9 Å². The van der Waals surface area contributed by atoms with Crippen molar-refractivity contribution < 1.29 is 5.11 Å². The van der Waals surface area contributed by atoms with Crippen LogP contribution in [0, 0.1) is 0 Å². The van der Waals surface area contributed by atoms with Gasteiger partial charge in [0.05, 0.1) is 6.04 Å². The molecule has 4 heteroatoms. The number of hydrogen-bond acceptors (Lipinski definition) is 3. The van der Waals surface area contributed by atoms with Crippen LogP contribution in [0.4, 0.5) is 0 Å². The third-order valence-electron chi connectivity index (χ3n) is 1.04. The van der Waals surface area contributed by atoms with E-state index in [1.54, 1.807) is 0 Å². The highest BCUT2D eigenvalue weighted by Gasteiger charge is 2.02. The smallest absolute Gasteiger partial charge is 0.312 e. The van der Waals surface area contributed by atoms with Crippen molar-refractivity contribution in [3.63, 3.8) is 0 Å². The second-order valence-electron chi connectivity index (χ2n) is 2.10. The molecule has 0 aliphatic carbocycles. The van der Waals surface area contributed by atoms with Gasteiger partial charge in [0.25, 0.3) is 0 Å². The highest BCUT2D eigenvalue weighted by atomic mass is 16.3. The number of hydrogen-bond donors (Lipinski definition) is 1. The van der Waals surface area contributed by atoms with E-state index in [-0.39, 0.29) is 12.1 Å². The van der Waals surface area contributed by atoms with Crippen molar-refractivity contribution in [1.82, 2.24) is 14.8 Å². The Morgan fingerprint density at radius 1 is 1.67 bits per heavy atom. The van der Waals surface area contributed by atoms with Gasteiger partial charge in [0.1, 0.15) is 6.33 Å². The minimum Gasteiger partial charge on any atom is -0.479 e. The van der Waals surface area contributed by atoms with Gasteiger partial charge in [-0.15, -0.1) is 0 Å². The van der Waals surface area contributed by atoms with Gasteiger partial charge in [-0.2, -0.15) is 10.1 Å². The normalized spacial score (nSPS) is 10.6. The molecule has 0 amide bonds. The maximum absolute atomic E-state index is 8.91. The van der Waals surface area contributed by atoms with Crippen LogP contribution in [0.3, 0.4) is 0 Å². The van der Waals surface area contributed by atoms with Crippen LogP contribution in [-0.2, 0) is 0 Å². The fourth-order valence-electron chi connectivity index (χ4n) is 0.608. The Morgan fingerprint density at radius 3 is 2.56 bits per heavy atom. The van der Waals surface area contributed by atoms with E-state index in [0.29, 0.717) is 0 Å². The van der Waals surface area contributed by atoms with Gasteiger partial charge < -0.3 is 5.11 Å². The van der Waals surface area contributed by atoms with Gasteiger partial charge in [0.2, 0.25) is 0 Å². The van der Waals surface area contributed by atoms with Gasteiger partial charge in [-0.05, 0) is 13.8 Å². The van der Waals surface area contributed by atoms with Crippen molar-refractivity contribution in [1.29, 1.82) is 0 Å². The van der Waals surface area contributed by atoms with Gasteiger partial charge in [-0.1, -0.05) is 0 Å². The molecule has 0 radical (unpaired) electrons. The highest BCUT2D eigenvalue weighted by molar-refractivity contribution is 4.88. The number of nitrogens with zero attached hydrogens (tertiary/aromatic N) is 3. The van der Waals surface area contributed by atoms with E-state index >= 15 is 0 Å². The van der Waals surface area contributed by atoms with E-state index in [1.807, 2.05) is 13.8 Å². The summed E-state index contributed by atoms with van der Waals surface area (Å²) < 4.78 is 1.44. The third kappa shape index (κ3) is 1.01. The lowest BCUT2D eigenvalue weighted by Crippen LogP contribution is -2.01. The molecule has 0 aliphatic rings. The molecule has 1 aromatic heterocycles. The minimum atomic E-state index is -0.0231. The first kappa shape index (κ1) is 6.07. The molecule has 0 atom stereocenters. The Hall–Kier alpha value is -1.06. The van der Waals surface area contributed by atoms with Crippen molar-refractivity contribution in [3.05, 3.63) is 6.33 Å². The zero-order valence-corrected chi connectivity index (χ0v) is 5.44. The molecule has 1 aromatic rings. The molecule has 1 heterocycles. The van der Waals surface area contributed by atoms with Gasteiger partial charge in [-0.25, -0.2) is 4.68 Å². The zero-order chi connectivity index (χ0) is 6.85. The SMILES string of the molecule is CC(C)n1ncnc1O. The van der Waals surface area contributed by atoms with Crippen molar-refractivity contribution >= 4 is 0 Å². The molecule has 0 aromatic carbocycles. The molecule has 50 valence electrons. The lowest BCUT2D eigenvalue weighted by molar-refractivity contribution is 0.364. The quantitative estimate of drug-likeness (QED) is 0.599. The van der Waals surface area contributed by atoms with Crippen molar-refractivity contribution in [3.8, 4) is 6.01 Å². The van der Waals surface area contributed by atoms with E-state index in [0.717, 1.165) is 0 Å². The Labute approximate surface area is 53.1 Å². The third-order valence-corrected chi connectivity index (χ3v) is 1.04. The van der Waals surface area contributed by atoms with Crippen LogP contribution in [0.25, 0.3) is 0 Å². The maximum atomic E-state index is 8.91. The van der Waals surface area contributed by atoms with Crippen LogP contribution >= 0.6 is 0 Å². The molecule has 0 saturated heterocycles. The first-order valence-corrected chi connectivity index (χ1v) is 2.80. The van der Waals surface area contributed by atoms with Crippen molar-refractivity contribution in [2.45, 2.75) is 19.9 Å². The van der Waals surface area contributed by atoms with Crippen LogP contribution in [0.1, 0.15) is 19.9 Å². The fraction of sp³-hybridized carbons (Fsp3) is 0.600. The molecular formula is C5H9N3O. The second-order valence-corrected chi connectivity index (χ2v) is 2.10. The summed E-state index contributed by atoms with van der Waals surface area (Å²) in [6.07, 6.45) is 1.33. The van der Waals surface area contributed by atoms with E-state index in [4.69, 9.17) is 5.11 Å². The monoisotopic (exact) mass is 127 g/mol. The minimum absolute atomic E-state index is 0.0231. The first-order chi connectivity index (χ1) is 4.22. The van der Waals surface area contributed by atoms with Gasteiger partial charge in [0.15, 0.2) is 0 Å². The number of aromatic hydroxyl groups is 1. The lowest BCUT2D eigenvalue weighted by Gasteiger charge is -2.02. The summed E-state index contributed by atoms with van der Waals surface area (Å²) >= 11 is 0. The average molecular weight is 127 g/mol. The summed E-state index contributed by atoms with van der Waals surface area (Å²) in [5.41, 5.74) is 0. The molecular weight excluding hydrogens is 118 g/mol. The van der Waals surface area contributed by atoms with Crippen molar-refractivity contribution in [2.24, 2.45) is 0 Å². The molecule has 0 saturated carbocycles. The van der Waals surface area contributed by atoms with Crippen LogP contribution < -0.4 is 0 Å². The van der Waals surface area contributed by atoms with Gasteiger partial charge in [-0.3, -0.25) is 0 Å². The van der Waals surface area contributed by atoms with E-state index in [9.17, 15) is 0 Å². The molecule has 0 aliphatic heterocycles. The number of aromatic nitrogens is 3. The lowest BCUT2D eigenvalue weighted by atomic mass is 10.4. The molecule has 0 unspecified atom stereocenters.